The Morgan fingerprint density at radius 3 is 2.26 bits per heavy atom. The molecule has 0 fully saturated rings. The van der Waals surface area contributed by atoms with Crippen LogP contribution in [0.15, 0.2) is 29.2 Å². The summed E-state index contributed by atoms with van der Waals surface area (Å²) in [5.41, 5.74) is -0.255. The highest BCUT2D eigenvalue weighted by atomic mass is 32.2. The second-order valence-electron chi connectivity index (χ2n) is 4.57. The van der Waals surface area contributed by atoms with E-state index in [0.29, 0.717) is 10.8 Å². The average molecular weight is 343 g/mol. The fraction of sp³-hybridized carbons (Fsp3) is 0.385. The Labute approximate surface area is 133 Å². The molecule has 0 aliphatic heterocycles. The van der Waals surface area contributed by atoms with Crippen molar-refractivity contribution in [3.8, 4) is 0 Å². The first-order chi connectivity index (χ1) is 10.7. The van der Waals surface area contributed by atoms with Gasteiger partial charge in [0.05, 0.1) is 9.82 Å². The lowest BCUT2D eigenvalue weighted by atomic mass is 10.3. The second kappa shape index (κ2) is 7.68. The number of hydrogen-bond acceptors (Lipinski definition) is 6. The quantitative estimate of drug-likeness (QED) is 0.572. The summed E-state index contributed by atoms with van der Waals surface area (Å²) in [5, 5.41) is 13.1. The Balaban J connectivity index is 2.83. The Morgan fingerprint density at radius 1 is 1.22 bits per heavy atom. The predicted octanol–water partition coefficient (Wildman–Crippen LogP) is 0.658. The summed E-state index contributed by atoms with van der Waals surface area (Å²) in [6.07, 6.45) is -0.374. The number of benzene rings is 1. The zero-order valence-electron chi connectivity index (χ0n) is 12.7. The van der Waals surface area contributed by atoms with Crippen molar-refractivity contribution in [3.63, 3.8) is 0 Å². The van der Waals surface area contributed by atoms with Crippen LogP contribution < -0.4 is 5.32 Å². The van der Waals surface area contributed by atoms with E-state index >= 15 is 0 Å². The first-order valence-corrected chi connectivity index (χ1v) is 8.17. The van der Waals surface area contributed by atoms with Crippen LogP contribution in [0, 0.1) is 10.1 Å². The molecule has 2 amide bonds. The zero-order valence-corrected chi connectivity index (χ0v) is 13.5. The van der Waals surface area contributed by atoms with Crippen molar-refractivity contribution < 1.29 is 22.9 Å². The van der Waals surface area contributed by atoms with Crippen molar-refractivity contribution in [1.29, 1.82) is 0 Å². The molecule has 1 aromatic carbocycles. The first-order valence-electron chi connectivity index (χ1n) is 6.73. The summed E-state index contributed by atoms with van der Waals surface area (Å²) in [6.45, 7) is 2.15. The molecule has 10 heteroatoms. The van der Waals surface area contributed by atoms with Crippen molar-refractivity contribution in [2.45, 2.75) is 24.7 Å². The Bertz CT molecular complexity index is 699. The maximum absolute atomic E-state index is 12.3. The van der Waals surface area contributed by atoms with E-state index in [4.69, 9.17) is 0 Å². The number of nitro groups is 1. The SMILES string of the molecule is CCNC(=O)CCC(=O)N(C)S(=O)(=O)c1ccc([N+](=O)[O-])cc1. The second-order valence-corrected chi connectivity index (χ2v) is 6.54. The van der Waals surface area contributed by atoms with E-state index < -0.39 is 20.9 Å². The molecular weight excluding hydrogens is 326 g/mol. The zero-order chi connectivity index (χ0) is 17.6. The van der Waals surface area contributed by atoms with Crippen LogP contribution in [-0.4, -0.2) is 43.1 Å². The van der Waals surface area contributed by atoms with E-state index in [1.165, 1.54) is 0 Å². The molecular formula is C13H17N3O6S. The number of non-ortho nitro benzene ring substituents is 1. The van der Waals surface area contributed by atoms with Crippen LogP contribution in [0.4, 0.5) is 5.69 Å². The molecule has 23 heavy (non-hydrogen) atoms. The van der Waals surface area contributed by atoms with Crippen molar-refractivity contribution in [1.82, 2.24) is 9.62 Å². The van der Waals surface area contributed by atoms with Gasteiger partial charge in [0, 0.05) is 38.6 Å². The summed E-state index contributed by atoms with van der Waals surface area (Å²) in [6, 6.07) is 4.20. The first kappa shape index (κ1) is 18.6. The van der Waals surface area contributed by atoms with Gasteiger partial charge in [-0.1, -0.05) is 0 Å². The van der Waals surface area contributed by atoms with E-state index in [0.717, 1.165) is 31.3 Å². The van der Waals surface area contributed by atoms with Crippen LogP contribution in [0.25, 0.3) is 0 Å². The summed E-state index contributed by atoms with van der Waals surface area (Å²) in [7, 11) is -3.03. The molecule has 1 rings (SSSR count). The highest BCUT2D eigenvalue weighted by Crippen LogP contribution is 2.19. The van der Waals surface area contributed by atoms with E-state index in [9.17, 15) is 28.1 Å². The Kier molecular flexibility index (Phi) is 6.19. The standard InChI is InChI=1S/C13H17N3O6S/c1-3-14-12(17)8-9-13(18)15(2)23(21,22)11-6-4-10(5-7-11)16(19)20/h4-7H,3,8-9H2,1-2H3,(H,14,17). The lowest BCUT2D eigenvalue weighted by molar-refractivity contribution is -0.384. The molecule has 0 atom stereocenters. The van der Waals surface area contributed by atoms with Crippen molar-refractivity contribution in [2.75, 3.05) is 13.6 Å². The van der Waals surface area contributed by atoms with E-state index in [1.807, 2.05) is 0 Å². The largest absolute Gasteiger partial charge is 0.356 e. The van der Waals surface area contributed by atoms with Gasteiger partial charge < -0.3 is 5.32 Å². The number of hydrogen-bond donors (Lipinski definition) is 1. The number of nitrogens with one attached hydrogen (secondary N) is 1. The normalized spacial score (nSPS) is 10.9. The van der Waals surface area contributed by atoms with Crippen molar-refractivity contribution >= 4 is 27.5 Å². The van der Waals surface area contributed by atoms with Gasteiger partial charge in [0.1, 0.15) is 0 Å². The number of amides is 2. The van der Waals surface area contributed by atoms with E-state index in [-0.39, 0.29) is 29.3 Å². The minimum atomic E-state index is -4.11. The van der Waals surface area contributed by atoms with Gasteiger partial charge in [-0.3, -0.25) is 19.7 Å². The smallest absolute Gasteiger partial charge is 0.269 e. The molecule has 0 saturated heterocycles. The number of nitrogens with zero attached hydrogens (tertiary/aromatic N) is 2. The van der Waals surface area contributed by atoms with Gasteiger partial charge in [-0.25, -0.2) is 12.7 Å². The minimum Gasteiger partial charge on any atom is -0.356 e. The lowest BCUT2D eigenvalue weighted by Crippen LogP contribution is -2.34. The molecule has 1 N–H and O–H groups in total. The molecule has 0 aliphatic rings. The fourth-order valence-corrected chi connectivity index (χ4v) is 2.85. The summed E-state index contributed by atoms with van der Waals surface area (Å²) >= 11 is 0. The van der Waals surface area contributed by atoms with Gasteiger partial charge in [0.15, 0.2) is 0 Å². The third-order valence-electron chi connectivity index (χ3n) is 3.00. The van der Waals surface area contributed by atoms with E-state index in [2.05, 4.69) is 5.32 Å². The van der Waals surface area contributed by atoms with Crippen LogP contribution in [0.2, 0.25) is 0 Å². The summed E-state index contributed by atoms with van der Waals surface area (Å²) < 4.78 is 25.1. The van der Waals surface area contributed by atoms with Crippen LogP contribution in [0.5, 0.6) is 0 Å². The number of sulfonamides is 1. The molecule has 0 heterocycles. The molecule has 1 aromatic rings. The van der Waals surface area contributed by atoms with E-state index in [1.54, 1.807) is 6.92 Å². The molecule has 0 saturated carbocycles. The lowest BCUT2D eigenvalue weighted by Gasteiger charge is -2.17. The molecule has 9 nitrogen and oxygen atoms in total. The summed E-state index contributed by atoms with van der Waals surface area (Å²) in [5.74, 6) is -1.09. The van der Waals surface area contributed by atoms with Gasteiger partial charge in [0.25, 0.3) is 15.7 Å². The molecule has 0 unspecified atom stereocenters. The fourth-order valence-electron chi connectivity index (χ4n) is 1.70. The third kappa shape index (κ3) is 4.74. The Hall–Kier alpha value is -2.49. The number of carbonyl (C=O) groups is 2. The topological polar surface area (TPSA) is 127 Å². The molecule has 0 spiro atoms. The molecule has 126 valence electrons. The molecule has 0 aromatic heterocycles. The van der Waals surface area contributed by atoms with Crippen LogP contribution in [-0.2, 0) is 19.6 Å². The van der Waals surface area contributed by atoms with Crippen LogP contribution in [0.3, 0.4) is 0 Å². The number of rotatable bonds is 7. The molecule has 0 bridgehead atoms. The van der Waals surface area contributed by atoms with Gasteiger partial charge in [-0.05, 0) is 19.1 Å². The Morgan fingerprint density at radius 2 is 1.78 bits per heavy atom. The predicted molar refractivity (Wildman–Crippen MR) is 81.0 cm³/mol. The highest BCUT2D eigenvalue weighted by Gasteiger charge is 2.26. The maximum Gasteiger partial charge on any atom is 0.269 e. The minimum absolute atomic E-state index is 0.118. The van der Waals surface area contributed by atoms with Gasteiger partial charge in [-0.2, -0.15) is 0 Å². The number of carbonyl (C=O) groups excluding carboxylic acids is 2. The van der Waals surface area contributed by atoms with Crippen molar-refractivity contribution in [3.05, 3.63) is 34.4 Å². The maximum atomic E-state index is 12.3. The summed E-state index contributed by atoms with van der Waals surface area (Å²) in [4.78, 5) is 32.9. The number of nitro benzene ring substituents is 1. The van der Waals surface area contributed by atoms with Crippen molar-refractivity contribution in [2.24, 2.45) is 0 Å². The van der Waals surface area contributed by atoms with Crippen LogP contribution in [0.1, 0.15) is 19.8 Å². The molecule has 0 aliphatic carbocycles. The van der Waals surface area contributed by atoms with Gasteiger partial charge >= 0.3 is 0 Å². The monoisotopic (exact) mass is 343 g/mol. The third-order valence-corrected chi connectivity index (χ3v) is 4.79. The van der Waals surface area contributed by atoms with Crippen LogP contribution >= 0.6 is 0 Å². The van der Waals surface area contributed by atoms with Gasteiger partial charge in [-0.15, -0.1) is 0 Å². The van der Waals surface area contributed by atoms with Gasteiger partial charge in [0.2, 0.25) is 11.8 Å². The average Bonchev–Trinajstić information content (AvgIpc) is 2.52. The highest BCUT2D eigenvalue weighted by molar-refractivity contribution is 7.89. The molecule has 0 radical (unpaired) electrons.